The number of nitrogens with zero attached hydrogens (tertiary/aromatic N) is 4. The van der Waals surface area contributed by atoms with Crippen LogP contribution in [0.4, 0.5) is 0 Å². The molecule has 130 valence electrons. The van der Waals surface area contributed by atoms with Gasteiger partial charge in [-0.1, -0.05) is 24.3 Å². The Morgan fingerprint density at radius 1 is 0.714 bits per heavy atom. The number of benzene rings is 2. The van der Waals surface area contributed by atoms with Gasteiger partial charge in [0.25, 0.3) is 0 Å². The van der Waals surface area contributed by atoms with Crippen molar-refractivity contribution in [1.82, 2.24) is 19.4 Å². The van der Waals surface area contributed by atoms with Crippen LogP contribution < -0.4 is 0 Å². The van der Waals surface area contributed by atoms with E-state index in [9.17, 15) is 0 Å². The average molecular weight is 358 g/mol. The topological polar surface area (TPSA) is 43.1 Å². The van der Waals surface area contributed by atoms with E-state index in [0.717, 1.165) is 45.0 Å². The lowest BCUT2D eigenvalue weighted by Gasteiger charge is -2.07. The average Bonchev–Trinajstić information content (AvgIpc) is 3.30. The first-order chi connectivity index (χ1) is 13.9. The van der Waals surface area contributed by atoms with E-state index >= 15 is 0 Å². The molecule has 28 heavy (non-hydrogen) atoms. The number of aromatic nitrogens is 4. The Bertz CT molecular complexity index is 1590. The highest BCUT2D eigenvalue weighted by molar-refractivity contribution is 6.11. The Hall–Kier alpha value is -3.79. The molecule has 6 aromatic rings. The zero-order valence-electron chi connectivity index (χ0n) is 14.9. The highest BCUT2D eigenvalue weighted by atomic mass is 15.1. The molecular formula is C24H14N4. The second-order valence-corrected chi connectivity index (χ2v) is 7.38. The molecule has 4 aromatic heterocycles. The van der Waals surface area contributed by atoms with E-state index in [4.69, 9.17) is 9.97 Å². The van der Waals surface area contributed by atoms with Crippen LogP contribution in [0.2, 0.25) is 0 Å². The normalized spacial score (nSPS) is 12.9. The monoisotopic (exact) mass is 358 g/mol. The molecule has 0 unspecified atom stereocenters. The largest absolute Gasteiger partial charge is 0.276 e. The van der Waals surface area contributed by atoms with Crippen LogP contribution in [0, 0.1) is 0 Å². The van der Waals surface area contributed by atoms with Crippen molar-refractivity contribution in [3.05, 3.63) is 84.2 Å². The van der Waals surface area contributed by atoms with Gasteiger partial charge in [-0.2, -0.15) is 0 Å². The van der Waals surface area contributed by atoms with Gasteiger partial charge < -0.3 is 0 Å². The fourth-order valence-corrected chi connectivity index (χ4v) is 4.66. The maximum absolute atomic E-state index is 5.02. The van der Waals surface area contributed by atoms with Crippen molar-refractivity contribution in [3.8, 4) is 11.1 Å². The molecule has 2 aromatic carbocycles. The summed E-state index contributed by atoms with van der Waals surface area (Å²) in [6, 6.07) is 21.3. The third-order valence-electron chi connectivity index (χ3n) is 5.87. The molecule has 0 bridgehead atoms. The zero-order chi connectivity index (χ0) is 18.2. The molecule has 0 radical (unpaired) electrons. The predicted molar refractivity (Wildman–Crippen MR) is 112 cm³/mol. The summed E-state index contributed by atoms with van der Waals surface area (Å²) in [7, 11) is 0. The molecule has 1 aliphatic rings. The van der Waals surface area contributed by atoms with E-state index < -0.39 is 0 Å². The Morgan fingerprint density at radius 3 is 2.46 bits per heavy atom. The summed E-state index contributed by atoms with van der Waals surface area (Å²) in [4.78, 5) is 14.3. The van der Waals surface area contributed by atoms with Gasteiger partial charge in [0.2, 0.25) is 0 Å². The van der Waals surface area contributed by atoms with Gasteiger partial charge >= 0.3 is 0 Å². The Balaban J connectivity index is 1.72. The van der Waals surface area contributed by atoms with Crippen molar-refractivity contribution in [2.75, 3.05) is 0 Å². The minimum atomic E-state index is 0.900. The summed E-state index contributed by atoms with van der Waals surface area (Å²) in [5, 5.41) is 2.10. The highest BCUT2D eigenvalue weighted by Gasteiger charge is 2.21. The molecule has 0 saturated heterocycles. The van der Waals surface area contributed by atoms with Crippen LogP contribution in [0.3, 0.4) is 0 Å². The number of hydrogen-bond donors (Lipinski definition) is 0. The highest BCUT2D eigenvalue weighted by Crippen LogP contribution is 2.40. The van der Waals surface area contributed by atoms with E-state index in [0.29, 0.717) is 0 Å². The number of rotatable bonds is 0. The van der Waals surface area contributed by atoms with Gasteiger partial charge in [-0.25, -0.2) is 9.97 Å². The summed E-state index contributed by atoms with van der Waals surface area (Å²) in [5.74, 6) is 0. The van der Waals surface area contributed by atoms with Crippen molar-refractivity contribution < 1.29 is 0 Å². The SMILES string of the molecule is c1ccc2c(c1)Cc1cc3nc4c5cccnc5c5cccnc5n4c3cc1-2. The molecule has 1 aliphatic carbocycles. The lowest BCUT2D eigenvalue weighted by Crippen LogP contribution is -1.95. The number of fused-ring (bicyclic) bond motifs is 11. The number of hydrogen-bond acceptors (Lipinski definition) is 3. The minimum Gasteiger partial charge on any atom is -0.276 e. The summed E-state index contributed by atoms with van der Waals surface area (Å²) in [5.41, 5.74) is 10.2. The van der Waals surface area contributed by atoms with Gasteiger partial charge in [0, 0.05) is 23.2 Å². The van der Waals surface area contributed by atoms with Crippen LogP contribution in [0.25, 0.3) is 49.7 Å². The second-order valence-electron chi connectivity index (χ2n) is 7.38. The quantitative estimate of drug-likeness (QED) is 0.352. The molecule has 0 saturated carbocycles. The van der Waals surface area contributed by atoms with Crippen LogP contribution in [-0.2, 0) is 6.42 Å². The first-order valence-electron chi connectivity index (χ1n) is 9.43. The Morgan fingerprint density at radius 2 is 1.54 bits per heavy atom. The van der Waals surface area contributed by atoms with E-state index in [1.807, 2.05) is 24.5 Å². The van der Waals surface area contributed by atoms with Crippen LogP contribution in [-0.4, -0.2) is 19.4 Å². The summed E-state index contributed by atoms with van der Waals surface area (Å²) in [6.45, 7) is 0. The molecule has 4 nitrogen and oxygen atoms in total. The van der Waals surface area contributed by atoms with Crippen LogP contribution in [0.15, 0.2) is 73.1 Å². The van der Waals surface area contributed by atoms with E-state index in [2.05, 4.69) is 57.9 Å². The van der Waals surface area contributed by atoms with Gasteiger partial charge in [-0.3, -0.25) is 9.38 Å². The van der Waals surface area contributed by atoms with Crippen LogP contribution >= 0.6 is 0 Å². The third-order valence-corrected chi connectivity index (χ3v) is 5.87. The van der Waals surface area contributed by atoms with Gasteiger partial charge in [-0.05, 0) is 65.1 Å². The molecule has 0 amide bonds. The molecular weight excluding hydrogens is 344 g/mol. The van der Waals surface area contributed by atoms with Gasteiger partial charge in [0.1, 0.15) is 11.3 Å². The molecule has 0 fully saturated rings. The third kappa shape index (κ3) is 1.68. The summed E-state index contributed by atoms with van der Waals surface area (Å²) < 4.78 is 2.19. The maximum Gasteiger partial charge on any atom is 0.149 e. The molecule has 4 heteroatoms. The molecule has 0 spiro atoms. The number of pyridine rings is 3. The van der Waals surface area contributed by atoms with E-state index in [1.165, 1.54) is 22.3 Å². The summed E-state index contributed by atoms with van der Waals surface area (Å²) in [6.07, 6.45) is 4.64. The van der Waals surface area contributed by atoms with E-state index in [1.54, 1.807) is 0 Å². The minimum absolute atomic E-state index is 0.900. The maximum atomic E-state index is 5.02. The van der Waals surface area contributed by atoms with Crippen molar-refractivity contribution in [2.45, 2.75) is 6.42 Å². The fourth-order valence-electron chi connectivity index (χ4n) is 4.66. The Kier molecular flexibility index (Phi) is 2.51. The molecule has 7 rings (SSSR count). The van der Waals surface area contributed by atoms with Crippen molar-refractivity contribution in [2.24, 2.45) is 0 Å². The first-order valence-corrected chi connectivity index (χ1v) is 9.43. The standard InChI is InChI=1S/C24H14N4/c1-2-6-16-14(5-1)11-15-12-20-21(13-19(15)16)28-23-17(7-4-10-26-23)22-18(24(28)27-20)8-3-9-25-22/h1-10,12-13H,11H2. The molecule has 0 aliphatic heterocycles. The van der Waals surface area contributed by atoms with Crippen LogP contribution in [0.5, 0.6) is 0 Å². The van der Waals surface area contributed by atoms with Crippen molar-refractivity contribution >= 4 is 38.6 Å². The Labute approximate surface area is 160 Å². The fraction of sp³-hybridized carbons (Fsp3) is 0.0417. The summed E-state index contributed by atoms with van der Waals surface area (Å²) >= 11 is 0. The number of imidazole rings is 1. The predicted octanol–water partition coefficient (Wildman–Crippen LogP) is 5.16. The second kappa shape index (κ2) is 4.93. The zero-order valence-corrected chi connectivity index (χ0v) is 14.9. The van der Waals surface area contributed by atoms with Crippen molar-refractivity contribution in [3.63, 3.8) is 0 Å². The smallest absolute Gasteiger partial charge is 0.149 e. The first kappa shape index (κ1) is 14.3. The lowest BCUT2D eigenvalue weighted by molar-refractivity contribution is 1.23. The van der Waals surface area contributed by atoms with Crippen molar-refractivity contribution in [1.29, 1.82) is 0 Å². The van der Waals surface area contributed by atoms with E-state index in [-0.39, 0.29) is 0 Å². The lowest BCUT2D eigenvalue weighted by atomic mass is 10.1. The molecule has 0 N–H and O–H groups in total. The molecule has 0 atom stereocenters. The van der Waals surface area contributed by atoms with Crippen LogP contribution in [0.1, 0.15) is 11.1 Å². The van der Waals surface area contributed by atoms with Gasteiger partial charge in [-0.15, -0.1) is 0 Å². The van der Waals surface area contributed by atoms with Gasteiger partial charge in [0.05, 0.1) is 16.6 Å². The molecule has 4 heterocycles. The van der Waals surface area contributed by atoms with Gasteiger partial charge in [0.15, 0.2) is 0 Å².